The maximum Gasteiger partial charge on any atom is 0.328 e. The monoisotopic (exact) mass is 274 g/mol. The second-order valence-corrected chi connectivity index (χ2v) is 5.51. The molecule has 1 aromatic rings. The predicted octanol–water partition coefficient (Wildman–Crippen LogP) is 4.05. The average molecular weight is 274 g/mol. The Balaban J connectivity index is 1.92. The van der Waals surface area contributed by atoms with Gasteiger partial charge in [0.2, 0.25) is 0 Å². The minimum absolute atomic E-state index is 0.690. The molecule has 0 atom stereocenters. The van der Waals surface area contributed by atoms with E-state index >= 15 is 0 Å². The number of aryl methyl sites for hydroxylation is 1. The van der Waals surface area contributed by atoms with Crippen LogP contribution < -0.4 is 4.74 Å². The third kappa shape index (κ3) is 4.41. The smallest absolute Gasteiger partial charge is 0.328 e. The summed E-state index contributed by atoms with van der Waals surface area (Å²) < 4.78 is 5.87. The number of carboxylic acid groups (broad SMARTS) is 1. The van der Waals surface area contributed by atoms with E-state index in [4.69, 9.17) is 9.84 Å². The molecule has 3 nitrogen and oxygen atoms in total. The number of ether oxygens (including phenoxy) is 1. The van der Waals surface area contributed by atoms with Gasteiger partial charge >= 0.3 is 5.97 Å². The zero-order valence-corrected chi connectivity index (χ0v) is 12.0. The van der Waals surface area contributed by atoms with Crippen molar-refractivity contribution in [1.82, 2.24) is 0 Å². The van der Waals surface area contributed by atoms with Crippen molar-refractivity contribution in [1.29, 1.82) is 0 Å². The minimum Gasteiger partial charge on any atom is -0.493 e. The van der Waals surface area contributed by atoms with Gasteiger partial charge in [0.05, 0.1) is 6.61 Å². The average Bonchev–Trinajstić information content (AvgIpc) is 2.45. The first-order valence-electron chi connectivity index (χ1n) is 7.29. The van der Waals surface area contributed by atoms with Gasteiger partial charge in [0.15, 0.2) is 0 Å². The van der Waals surface area contributed by atoms with Crippen LogP contribution in [-0.2, 0) is 4.79 Å². The molecule has 0 amide bonds. The topological polar surface area (TPSA) is 46.5 Å². The standard InChI is InChI=1S/C17H22O3/c1-13-11-16(9-7-15(13)8-10-17(18)19)20-12-14-5-3-2-4-6-14/h7-11,14H,2-6,12H2,1H3,(H,18,19)/b10-8+. The Morgan fingerprint density at radius 2 is 2.10 bits per heavy atom. The lowest BCUT2D eigenvalue weighted by atomic mass is 9.90. The van der Waals surface area contributed by atoms with E-state index in [1.54, 1.807) is 6.08 Å². The summed E-state index contributed by atoms with van der Waals surface area (Å²) in [5, 5.41) is 8.64. The molecule has 3 heteroatoms. The van der Waals surface area contributed by atoms with Crippen LogP contribution in [0.25, 0.3) is 6.08 Å². The summed E-state index contributed by atoms with van der Waals surface area (Å²) in [7, 11) is 0. The second kappa shape index (κ2) is 7.13. The van der Waals surface area contributed by atoms with Crippen molar-refractivity contribution in [2.24, 2.45) is 5.92 Å². The van der Waals surface area contributed by atoms with Gasteiger partial charge in [0, 0.05) is 6.08 Å². The number of carbonyl (C=O) groups is 1. The number of hydrogen-bond donors (Lipinski definition) is 1. The van der Waals surface area contributed by atoms with Gasteiger partial charge in [-0.1, -0.05) is 25.3 Å². The predicted molar refractivity (Wildman–Crippen MR) is 79.9 cm³/mol. The molecular weight excluding hydrogens is 252 g/mol. The fourth-order valence-electron chi connectivity index (χ4n) is 2.65. The van der Waals surface area contributed by atoms with Crippen LogP contribution in [0.5, 0.6) is 5.75 Å². The van der Waals surface area contributed by atoms with Crippen molar-refractivity contribution in [3.8, 4) is 5.75 Å². The molecule has 0 heterocycles. The molecule has 0 spiro atoms. The zero-order valence-electron chi connectivity index (χ0n) is 12.0. The Bertz CT molecular complexity index is 485. The fourth-order valence-corrected chi connectivity index (χ4v) is 2.65. The molecule has 1 aromatic carbocycles. The Labute approximate surface area is 120 Å². The Hall–Kier alpha value is -1.77. The first-order valence-corrected chi connectivity index (χ1v) is 7.29. The van der Waals surface area contributed by atoms with E-state index in [0.717, 1.165) is 29.6 Å². The summed E-state index contributed by atoms with van der Waals surface area (Å²) in [6.45, 7) is 2.76. The van der Waals surface area contributed by atoms with Crippen molar-refractivity contribution in [2.75, 3.05) is 6.61 Å². The summed E-state index contributed by atoms with van der Waals surface area (Å²) in [5.41, 5.74) is 1.95. The van der Waals surface area contributed by atoms with Gasteiger partial charge in [-0.15, -0.1) is 0 Å². The molecule has 0 radical (unpaired) electrons. The van der Waals surface area contributed by atoms with Gasteiger partial charge in [-0.05, 0) is 55.0 Å². The van der Waals surface area contributed by atoms with Gasteiger partial charge < -0.3 is 9.84 Å². The van der Waals surface area contributed by atoms with Gasteiger partial charge in [0.1, 0.15) is 5.75 Å². The van der Waals surface area contributed by atoms with Crippen LogP contribution >= 0.6 is 0 Å². The lowest BCUT2D eigenvalue weighted by molar-refractivity contribution is -0.131. The van der Waals surface area contributed by atoms with Crippen LogP contribution in [0.2, 0.25) is 0 Å². The zero-order chi connectivity index (χ0) is 14.4. The van der Waals surface area contributed by atoms with Gasteiger partial charge in [-0.25, -0.2) is 4.79 Å². The molecule has 108 valence electrons. The maximum atomic E-state index is 10.5. The van der Waals surface area contributed by atoms with Gasteiger partial charge in [-0.2, -0.15) is 0 Å². The normalized spacial score (nSPS) is 16.4. The number of carboxylic acids is 1. The van der Waals surface area contributed by atoms with Crippen molar-refractivity contribution in [3.63, 3.8) is 0 Å². The molecule has 2 rings (SSSR count). The molecule has 0 saturated heterocycles. The van der Waals surface area contributed by atoms with Gasteiger partial charge in [0.25, 0.3) is 0 Å². The molecule has 0 unspecified atom stereocenters. The molecule has 1 N–H and O–H groups in total. The molecule has 20 heavy (non-hydrogen) atoms. The summed E-state index contributed by atoms with van der Waals surface area (Å²) in [6.07, 6.45) is 9.34. The molecule has 1 saturated carbocycles. The summed E-state index contributed by atoms with van der Waals surface area (Å²) in [6, 6.07) is 5.80. The molecule has 1 aliphatic rings. The highest BCUT2D eigenvalue weighted by Crippen LogP contribution is 2.25. The van der Waals surface area contributed by atoms with E-state index in [0.29, 0.717) is 5.92 Å². The highest BCUT2D eigenvalue weighted by Gasteiger charge is 2.14. The highest BCUT2D eigenvalue weighted by molar-refractivity contribution is 5.85. The van der Waals surface area contributed by atoms with E-state index < -0.39 is 5.97 Å². The minimum atomic E-state index is -0.929. The van der Waals surface area contributed by atoms with Crippen LogP contribution in [0.1, 0.15) is 43.2 Å². The first-order chi connectivity index (χ1) is 9.65. The highest BCUT2D eigenvalue weighted by atomic mass is 16.5. The van der Waals surface area contributed by atoms with Crippen molar-refractivity contribution in [2.45, 2.75) is 39.0 Å². The van der Waals surface area contributed by atoms with E-state index in [9.17, 15) is 4.79 Å². The first kappa shape index (κ1) is 14.6. The van der Waals surface area contributed by atoms with Crippen LogP contribution in [-0.4, -0.2) is 17.7 Å². The Morgan fingerprint density at radius 1 is 1.35 bits per heavy atom. The van der Waals surface area contributed by atoms with E-state index in [1.165, 1.54) is 32.1 Å². The lowest BCUT2D eigenvalue weighted by Gasteiger charge is -2.21. The van der Waals surface area contributed by atoms with Crippen molar-refractivity contribution in [3.05, 3.63) is 35.4 Å². The number of rotatable bonds is 5. The van der Waals surface area contributed by atoms with Crippen LogP contribution in [0.4, 0.5) is 0 Å². The molecule has 1 fully saturated rings. The summed E-state index contributed by atoms with van der Waals surface area (Å²) >= 11 is 0. The third-order valence-electron chi connectivity index (χ3n) is 3.86. The third-order valence-corrected chi connectivity index (χ3v) is 3.86. The molecule has 1 aliphatic carbocycles. The van der Waals surface area contributed by atoms with E-state index in [-0.39, 0.29) is 0 Å². The van der Waals surface area contributed by atoms with Gasteiger partial charge in [-0.3, -0.25) is 0 Å². The van der Waals surface area contributed by atoms with Crippen molar-refractivity contribution >= 4 is 12.0 Å². The second-order valence-electron chi connectivity index (χ2n) is 5.51. The largest absolute Gasteiger partial charge is 0.493 e. The van der Waals surface area contributed by atoms with Crippen LogP contribution in [0.15, 0.2) is 24.3 Å². The van der Waals surface area contributed by atoms with Crippen LogP contribution in [0, 0.1) is 12.8 Å². The van der Waals surface area contributed by atoms with Crippen LogP contribution in [0.3, 0.4) is 0 Å². The molecule has 0 aliphatic heterocycles. The quantitative estimate of drug-likeness (QED) is 0.824. The maximum absolute atomic E-state index is 10.5. The molecular formula is C17H22O3. The SMILES string of the molecule is Cc1cc(OCC2CCCCC2)ccc1/C=C/C(=O)O. The number of benzene rings is 1. The molecule has 0 aromatic heterocycles. The molecule has 0 bridgehead atoms. The Kier molecular flexibility index (Phi) is 5.22. The number of aliphatic carboxylic acids is 1. The Morgan fingerprint density at radius 3 is 2.75 bits per heavy atom. The lowest BCUT2D eigenvalue weighted by Crippen LogP contribution is -2.15. The van der Waals surface area contributed by atoms with E-state index in [1.807, 2.05) is 25.1 Å². The fraction of sp³-hybridized carbons (Fsp3) is 0.471. The number of hydrogen-bond acceptors (Lipinski definition) is 2. The van der Waals surface area contributed by atoms with Crippen molar-refractivity contribution < 1.29 is 14.6 Å². The summed E-state index contributed by atoms with van der Waals surface area (Å²) in [5.74, 6) is 0.637. The van der Waals surface area contributed by atoms with E-state index in [2.05, 4.69) is 0 Å². The summed E-state index contributed by atoms with van der Waals surface area (Å²) in [4.78, 5) is 10.5.